The van der Waals surface area contributed by atoms with Crippen molar-refractivity contribution in [3.8, 4) is 11.1 Å². The number of carbonyl (C=O) groups excluding carboxylic acids is 1. The van der Waals surface area contributed by atoms with Gasteiger partial charge in [-0.05, 0) is 99.0 Å². The molecule has 0 saturated carbocycles. The number of alkyl halides is 5. The minimum Gasteiger partial charge on any atom is -0.481 e. The highest BCUT2D eigenvalue weighted by atomic mass is 19.4. The number of rotatable bonds is 13. The molecule has 1 aromatic heterocycles. The fourth-order valence-electron chi connectivity index (χ4n) is 6.56. The van der Waals surface area contributed by atoms with Gasteiger partial charge in [-0.3, -0.25) is 14.4 Å². The van der Waals surface area contributed by atoms with E-state index in [9.17, 15) is 45.8 Å². The highest BCUT2D eigenvalue weighted by Gasteiger charge is 2.39. The Kier molecular flexibility index (Phi) is 12.0. The Morgan fingerprint density at radius 1 is 0.942 bits per heavy atom. The lowest BCUT2D eigenvalue weighted by Gasteiger charge is -2.31. The van der Waals surface area contributed by atoms with Crippen LogP contribution in [0.2, 0.25) is 0 Å². The number of hydrogen-bond donors (Lipinski definition) is 2. The van der Waals surface area contributed by atoms with Crippen molar-refractivity contribution < 1.29 is 49.8 Å². The third-order valence-corrected chi connectivity index (χ3v) is 9.50. The van der Waals surface area contributed by atoms with E-state index in [1.54, 1.807) is 13.8 Å². The second kappa shape index (κ2) is 15.4. The fraction of sp³-hybridized carbons (Fsp3) is 0.486. The molecule has 3 aromatic rings. The Labute approximate surface area is 295 Å². The van der Waals surface area contributed by atoms with E-state index in [1.165, 1.54) is 20.8 Å². The van der Waals surface area contributed by atoms with E-state index in [-0.39, 0.29) is 53.1 Å². The number of aromatic nitrogens is 1. The molecule has 2 heterocycles. The van der Waals surface area contributed by atoms with E-state index in [0.717, 1.165) is 23.3 Å². The molecule has 0 unspecified atom stereocenters. The highest BCUT2D eigenvalue weighted by molar-refractivity contribution is 5.82. The van der Waals surface area contributed by atoms with Gasteiger partial charge in [0, 0.05) is 36.9 Å². The second-order valence-electron chi connectivity index (χ2n) is 13.9. The molecule has 0 spiro atoms. The lowest BCUT2D eigenvalue weighted by molar-refractivity contribution is -0.139. The molecule has 2 N–H and O–H groups in total. The molecule has 0 radical (unpaired) electrons. The summed E-state index contributed by atoms with van der Waals surface area (Å²) in [5, 5.41) is 12.0. The SMILES string of the molecule is Cc1cc(F)c(C)c(C)c1-c1cc(C(C)(F)F)c(F)c([C@H](CC(=O)O)NC(=O)[C@H](CC(C)C)n2cc(CCN3CCC3)c(C(F)(F)F)cc2=O)c1F. The third-order valence-electron chi connectivity index (χ3n) is 9.50. The third kappa shape index (κ3) is 8.67. The summed E-state index contributed by atoms with van der Waals surface area (Å²) in [4.78, 5) is 41.2. The number of pyridine rings is 1. The van der Waals surface area contributed by atoms with Gasteiger partial charge >= 0.3 is 12.1 Å². The predicted octanol–water partition coefficient (Wildman–Crippen LogP) is 8.16. The molecule has 1 aliphatic rings. The number of carboxylic acids is 1. The molecule has 7 nitrogen and oxygen atoms in total. The average molecular weight is 744 g/mol. The smallest absolute Gasteiger partial charge is 0.416 e. The molecule has 1 saturated heterocycles. The van der Waals surface area contributed by atoms with Gasteiger partial charge in [-0.1, -0.05) is 13.8 Å². The Bertz CT molecular complexity index is 1910. The van der Waals surface area contributed by atoms with Gasteiger partial charge in [0.25, 0.3) is 11.5 Å². The average Bonchev–Trinajstić information content (AvgIpc) is 2.98. The Balaban J connectivity index is 1.90. The van der Waals surface area contributed by atoms with E-state index in [2.05, 4.69) is 5.32 Å². The lowest BCUT2D eigenvalue weighted by atomic mass is 9.86. The van der Waals surface area contributed by atoms with Crippen LogP contribution in [0.25, 0.3) is 11.1 Å². The number of hydrogen-bond acceptors (Lipinski definition) is 4. The first kappa shape index (κ1) is 40.5. The number of nitrogens with one attached hydrogen (secondary N) is 1. The van der Waals surface area contributed by atoms with Crippen LogP contribution in [0.5, 0.6) is 0 Å². The molecule has 52 heavy (non-hydrogen) atoms. The summed E-state index contributed by atoms with van der Waals surface area (Å²) in [6, 6.07) is -1.77. The first-order chi connectivity index (χ1) is 24.0. The van der Waals surface area contributed by atoms with Crippen LogP contribution in [-0.2, 0) is 28.1 Å². The van der Waals surface area contributed by atoms with Crippen LogP contribution in [0, 0.1) is 44.1 Å². The number of carboxylic acid groups (broad SMARTS) is 1. The minimum absolute atomic E-state index is 0.0498. The topological polar surface area (TPSA) is 91.6 Å². The van der Waals surface area contributed by atoms with Crippen molar-refractivity contribution in [2.24, 2.45) is 5.92 Å². The van der Waals surface area contributed by atoms with E-state index < -0.39 is 87.7 Å². The summed E-state index contributed by atoms with van der Waals surface area (Å²) in [6.45, 7) is 9.39. The Morgan fingerprint density at radius 3 is 2.10 bits per heavy atom. The van der Waals surface area contributed by atoms with Crippen molar-refractivity contribution in [1.29, 1.82) is 0 Å². The van der Waals surface area contributed by atoms with Crippen molar-refractivity contribution >= 4 is 11.9 Å². The molecule has 1 aliphatic heterocycles. The van der Waals surface area contributed by atoms with Gasteiger partial charge < -0.3 is 19.9 Å². The molecule has 1 amide bonds. The number of halogens is 8. The molecular weight excluding hydrogens is 702 g/mol. The Morgan fingerprint density at radius 2 is 1.58 bits per heavy atom. The fourth-order valence-corrected chi connectivity index (χ4v) is 6.56. The van der Waals surface area contributed by atoms with Crippen LogP contribution < -0.4 is 10.9 Å². The zero-order valence-electron chi connectivity index (χ0n) is 29.6. The van der Waals surface area contributed by atoms with Crippen molar-refractivity contribution in [1.82, 2.24) is 14.8 Å². The van der Waals surface area contributed by atoms with Gasteiger partial charge in [0.2, 0.25) is 5.91 Å². The molecule has 2 atom stereocenters. The first-order valence-corrected chi connectivity index (χ1v) is 16.8. The van der Waals surface area contributed by atoms with E-state index in [4.69, 9.17) is 0 Å². The quantitative estimate of drug-likeness (QED) is 0.173. The van der Waals surface area contributed by atoms with Crippen molar-refractivity contribution in [3.63, 3.8) is 0 Å². The van der Waals surface area contributed by atoms with Crippen LogP contribution in [0.3, 0.4) is 0 Å². The van der Waals surface area contributed by atoms with Gasteiger partial charge in [-0.2, -0.15) is 13.2 Å². The summed E-state index contributed by atoms with van der Waals surface area (Å²) in [6.07, 6.45) is -4.61. The highest BCUT2D eigenvalue weighted by Crippen LogP contribution is 2.42. The molecule has 15 heteroatoms. The van der Waals surface area contributed by atoms with Gasteiger partial charge in [-0.15, -0.1) is 0 Å². The summed E-state index contributed by atoms with van der Waals surface area (Å²) >= 11 is 0. The van der Waals surface area contributed by atoms with E-state index >= 15 is 8.78 Å². The van der Waals surface area contributed by atoms with Gasteiger partial charge in [0.1, 0.15) is 23.5 Å². The van der Waals surface area contributed by atoms with Crippen LogP contribution in [0.1, 0.15) is 91.1 Å². The molecular formula is C37H41F8N3O4. The molecule has 2 aromatic carbocycles. The lowest BCUT2D eigenvalue weighted by Crippen LogP contribution is -2.41. The molecule has 0 aliphatic carbocycles. The predicted molar refractivity (Wildman–Crippen MR) is 178 cm³/mol. The number of benzene rings is 2. The van der Waals surface area contributed by atoms with Crippen LogP contribution >= 0.6 is 0 Å². The van der Waals surface area contributed by atoms with Crippen molar-refractivity contribution in [2.45, 2.75) is 91.4 Å². The van der Waals surface area contributed by atoms with Gasteiger partial charge in [0.15, 0.2) is 0 Å². The largest absolute Gasteiger partial charge is 0.481 e. The monoisotopic (exact) mass is 743 g/mol. The standard InChI is InChI=1S/C37H41F8N3O4/c1-18(2)12-28(48-17-22(8-11-47-9-7-10-47)24(15-29(48)49)37(43,44)45)35(52)46-27(16-30(50)51)32-33(39)23(14-25(34(32)40)36(6,41)42)31-19(3)13-26(38)20(4)21(31)5/h13-15,17-18,27-28H,7-12,16H2,1-6H3,(H,46,52)(H,50,51)/t27-,28-/m0/s1. The van der Waals surface area contributed by atoms with Crippen molar-refractivity contribution in [2.75, 3.05) is 19.6 Å². The van der Waals surface area contributed by atoms with Gasteiger partial charge in [0.05, 0.1) is 23.6 Å². The summed E-state index contributed by atoms with van der Waals surface area (Å²) < 4.78 is 120. The normalized spacial score (nSPS) is 15.1. The minimum atomic E-state index is -4.90. The zero-order chi connectivity index (χ0) is 39.0. The number of carbonyl (C=O) groups is 2. The van der Waals surface area contributed by atoms with Crippen LogP contribution in [0.15, 0.2) is 29.2 Å². The maximum Gasteiger partial charge on any atom is 0.416 e. The number of aliphatic carboxylic acids is 1. The maximum atomic E-state index is 16.6. The van der Waals surface area contributed by atoms with Crippen LogP contribution in [0.4, 0.5) is 35.1 Å². The van der Waals surface area contributed by atoms with E-state index in [0.29, 0.717) is 32.1 Å². The molecule has 4 rings (SSSR count). The Hall–Kier alpha value is -4.27. The second-order valence-corrected chi connectivity index (χ2v) is 13.9. The number of nitrogens with zero attached hydrogens (tertiary/aromatic N) is 2. The van der Waals surface area contributed by atoms with Gasteiger partial charge in [-0.25, -0.2) is 22.0 Å². The van der Waals surface area contributed by atoms with Crippen LogP contribution in [-0.4, -0.2) is 46.1 Å². The molecule has 284 valence electrons. The molecule has 0 bridgehead atoms. The molecule has 1 fully saturated rings. The number of aryl methyl sites for hydroxylation is 1. The van der Waals surface area contributed by atoms with E-state index in [1.807, 2.05) is 4.90 Å². The van der Waals surface area contributed by atoms with Crippen molar-refractivity contribution in [3.05, 3.63) is 91.1 Å². The summed E-state index contributed by atoms with van der Waals surface area (Å²) in [5.74, 6) is -11.2. The number of likely N-dealkylation sites (tertiary alicyclic amines) is 1. The summed E-state index contributed by atoms with van der Waals surface area (Å²) in [5.41, 5.74) is -5.57. The number of amides is 1. The summed E-state index contributed by atoms with van der Waals surface area (Å²) in [7, 11) is 0. The zero-order valence-corrected chi connectivity index (χ0v) is 29.6. The first-order valence-electron chi connectivity index (χ1n) is 16.8. The maximum absolute atomic E-state index is 16.6.